The number of carboxylic acids is 1. The molecule has 0 spiro atoms. The molecule has 2 rings (SSSR count). The van der Waals surface area contributed by atoms with E-state index in [4.69, 9.17) is 10.5 Å². The zero-order valence-electron chi connectivity index (χ0n) is 19.1. The molecule has 0 bridgehead atoms. The second-order valence-electron chi connectivity index (χ2n) is 7.82. The lowest BCUT2D eigenvalue weighted by Gasteiger charge is -2.11. The average Bonchev–Trinajstić information content (AvgIpc) is 2.80. The summed E-state index contributed by atoms with van der Waals surface area (Å²) in [7, 11) is 3.52. The van der Waals surface area contributed by atoms with Crippen molar-refractivity contribution in [2.24, 2.45) is 22.0 Å². The summed E-state index contributed by atoms with van der Waals surface area (Å²) in [5, 5.41) is 18.7. The smallest absolute Gasteiger partial charge is 0.306 e. The lowest BCUT2D eigenvalue weighted by molar-refractivity contribution is -0.144. The molecule has 0 radical (unpaired) electrons. The number of carbonyl (C=O) groups is 4. The van der Waals surface area contributed by atoms with E-state index in [1.165, 1.54) is 0 Å². The number of ketones is 2. The van der Waals surface area contributed by atoms with Gasteiger partial charge in [-0.05, 0) is 55.0 Å². The first kappa shape index (κ1) is 26.2. The van der Waals surface area contributed by atoms with Gasteiger partial charge in [0.25, 0.3) is 0 Å². The van der Waals surface area contributed by atoms with E-state index in [0.29, 0.717) is 22.6 Å². The van der Waals surface area contributed by atoms with Gasteiger partial charge in [0.1, 0.15) is 11.5 Å². The highest BCUT2D eigenvalue weighted by Gasteiger charge is 2.21. The van der Waals surface area contributed by atoms with Gasteiger partial charge in [-0.3, -0.25) is 24.2 Å². The van der Waals surface area contributed by atoms with Crippen molar-refractivity contribution in [3.8, 4) is 5.75 Å². The lowest BCUT2D eigenvalue weighted by atomic mass is 9.96. The van der Waals surface area contributed by atoms with E-state index >= 15 is 0 Å². The number of hydrogen-bond donors (Lipinski definition) is 2. The van der Waals surface area contributed by atoms with Gasteiger partial charge < -0.3 is 15.6 Å². The SMILES string of the molecule is CN(C)N=Nc1ccc(C(=O)c2ccc(OCCC(=O)CC(CCC(N)=O)C(=O)O)cc2)cc1. The number of nitrogens with zero attached hydrogens (tertiary/aromatic N) is 3. The number of primary amides is 1. The van der Waals surface area contributed by atoms with E-state index in [1.807, 2.05) is 0 Å². The molecule has 1 atom stereocenters. The van der Waals surface area contributed by atoms with E-state index in [-0.39, 0.29) is 43.9 Å². The Hall–Kier alpha value is -4.08. The van der Waals surface area contributed by atoms with E-state index in [1.54, 1.807) is 67.6 Å². The van der Waals surface area contributed by atoms with Gasteiger partial charge in [-0.25, -0.2) is 0 Å². The van der Waals surface area contributed by atoms with Crippen LogP contribution in [-0.4, -0.2) is 54.3 Å². The van der Waals surface area contributed by atoms with Crippen molar-refractivity contribution >= 4 is 29.1 Å². The first-order chi connectivity index (χ1) is 16.2. The summed E-state index contributed by atoms with van der Waals surface area (Å²) >= 11 is 0. The third kappa shape index (κ3) is 8.81. The standard InChI is InChI=1S/C24H28N4O6/c1-28(2)27-26-19-8-3-16(4-9-19)23(31)17-5-10-21(11-6-17)34-14-13-20(29)15-18(24(32)33)7-12-22(25)30/h3-6,8-11,18H,7,12-15H2,1-2H3,(H2,25,30)(H,32,33). The summed E-state index contributed by atoms with van der Waals surface area (Å²) in [6, 6.07) is 13.3. The highest BCUT2D eigenvalue weighted by atomic mass is 16.5. The molecule has 2 aromatic carbocycles. The Bertz CT molecular complexity index is 1030. The minimum Gasteiger partial charge on any atom is -0.493 e. The highest BCUT2D eigenvalue weighted by Crippen LogP contribution is 2.19. The lowest BCUT2D eigenvalue weighted by Crippen LogP contribution is -2.21. The van der Waals surface area contributed by atoms with Crippen molar-refractivity contribution in [2.45, 2.75) is 25.7 Å². The van der Waals surface area contributed by atoms with Crippen LogP contribution in [0.5, 0.6) is 5.75 Å². The molecule has 1 amide bonds. The fourth-order valence-electron chi connectivity index (χ4n) is 2.98. The summed E-state index contributed by atoms with van der Waals surface area (Å²) in [6.07, 6.45) is -0.222. The van der Waals surface area contributed by atoms with Gasteiger partial charge in [0.2, 0.25) is 5.91 Å². The number of carbonyl (C=O) groups excluding carboxylic acids is 3. The van der Waals surface area contributed by atoms with Crippen LogP contribution >= 0.6 is 0 Å². The fraction of sp³-hybridized carbons (Fsp3) is 0.333. The van der Waals surface area contributed by atoms with Crippen molar-refractivity contribution in [1.82, 2.24) is 5.01 Å². The zero-order chi connectivity index (χ0) is 25.1. The first-order valence-corrected chi connectivity index (χ1v) is 10.6. The van der Waals surface area contributed by atoms with Crippen molar-refractivity contribution < 1.29 is 29.0 Å². The van der Waals surface area contributed by atoms with Crippen LogP contribution in [0.1, 0.15) is 41.6 Å². The average molecular weight is 469 g/mol. The Balaban J connectivity index is 1.85. The van der Waals surface area contributed by atoms with Gasteiger partial charge in [-0.15, -0.1) is 5.11 Å². The van der Waals surface area contributed by atoms with Crippen LogP contribution in [0.15, 0.2) is 58.9 Å². The Morgan fingerprint density at radius 2 is 1.56 bits per heavy atom. The van der Waals surface area contributed by atoms with E-state index in [9.17, 15) is 24.3 Å². The van der Waals surface area contributed by atoms with Gasteiger partial charge in [0.05, 0.1) is 18.2 Å². The Kier molecular flexibility index (Phi) is 9.88. The van der Waals surface area contributed by atoms with Crippen molar-refractivity contribution in [3.63, 3.8) is 0 Å². The maximum absolute atomic E-state index is 12.7. The molecule has 0 fully saturated rings. The molecule has 0 saturated carbocycles. The third-order valence-corrected chi connectivity index (χ3v) is 4.80. The van der Waals surface area contributed by atoms with Crippen LogP contribution < -0.4 is 10.5 Å². The predicted molar refractivity (Wildman–Crippen MR) is 124 cm³/mol. The molecule has 2 aromatic rings. The van der Waals surface area contributed by atoms with E-state index < -0.39 is 17.8 Å². The van der Waals surface area contributed by atoms with Crippen LogP contribution in [-0.2, 0) is 14.4 Å². The van der Waals surface area contributed by atoms with Crippen LogP contribution in [0.2, 0.25) is 0 Å². The third-order valence-electron chi connectivity index (χ3n) is 4.80. The largest absolute Gasteiger partial charge is 0.493 e. The molecular weight excluding hydrogens is 440 g/mol. The van der Waals surface area contributed by atoms with Crippen LogP contribution in [0.4, 0.5) is 5.69 Å². The second kappa shape index (κ2) is 12.8. The van der Waals surface area contributed by atoms with Gasteiger partial charge >= 0.3 is 5.97 Å². The van der Waals surface area contributed by atoms with Gasteiger partial charge in [-0.1, -0.05) is 5.22 Å². The van der Waals surface area contributed by atoms with Crippen molar-refractivity contribution in [3.05, 3.63) is 59.7 Å². The number of ether oxygens (including phenoxy) is 1. The molecular formula is C24H28N4O6. The number of rotatable bonds is 14. The van der Waals surface area contributed by atoms with Crippen molar-refractivity contribution in [2.75, 3.05) is 20.7 Å². The topological polar surface area (TPSA) is 152 Å². The Labute approximate surface area is 197 Å². The summed E-state index contributed by atoms with van der Waals surface area (Å²) in [6.45, 7) is 0.0667. The van der Waals surface area contributed by atoms with Crippen LogP contribution in [0.3, 0.4) is 0 Å². The normalized spacial score (nSPS) is 11.7. The molecule has 0 aliphatic rings. The molecule has 180 valence electrons. The number of nitrogens with two attached hydrogens (primary N) is 1. The maximum atomic E-state index is 12.7. The fourth-order valence-corrected chi connectivity index (χ4v) is 2.98. The summed E-state index contributed by atoms with van der Waals surface area (Å²) in [5.74, 6) is -2.65. The van der Waals surface area contributed by atoms with Crippen LogP contribution in [0.25, 0.3) is 0 Å². The minimum absolute atomic E-state index is 0.0235. The second-order valence-corrected chi connectivity index (χ2v) is 7.82. The number of Topliss-reactive ketones (excluding diaryl/α,β-unsaturated/α-hetero) is 1. The van der Waals surface area contributed by atoms with E-state index in [0.717, 1.165) is 0 Å². The monoisotopic (exact) mass is 468 g/mol. The first-order valence-electron chi connectivity index (χ1n) is 10.6. The molecule has 0 saturated heterocycles. The summed E-state index contributed by atoms with van der Waals surface area (Å²) in [4.78, 5) is 46.8. The molecule has 0 aliphatic heterocycles. The van der Waals surface area contributed by atoms with E-state index in [2.05, 4.69) is 10.3 Å². The molecule has 0 aromatic heterocycles. The quantitative estimate of drug-likeness (QED) is 0.245. The summed E-state index contributed by atoms with van der Waals surface area (Å²) in [5.41, 5.74) is 6.65. The molecule has 0 heterocycles. The number of amides is 1. The number of carboxylic acid groups (broad SMARTS) is 1. The molecule has 34 heavy (non-hydrogen) atoms. The Morgan fingerprint density at radius 1 is 0.971 bits per heavy atom. The summed E-state index contributed by atoms with van der Waals surface area (Å²) < 4.78 is 5.54. The van der Waals surface area contributed by atoms with Crippen molar-refractivity contribution in [1.29, 1.82) is 0 Å². The molecule has 10 nitrogen and oxygen atoms in total. The molecule has 0 aliphatic carbocycles. The van der Waals surface area contributed by atoms with Gasteiger partial charge in [-0.2, -0.15) is 0 Å². The number of hydrogen-bond acceptors (Lipinski definition) is 7. The zero-order valence-corrected chi connectivity index (χ0v) is 19.1. The highest BCUT2D eigenvalue weighted by molar-refractivity contribution is 6.09. The molecule has 1 unspecified atom stereocenters. The molecule has 3 N–H and O–H groups in total. The van der Waals surface area contributed by atoms with Crippen LogP contribution in [0, 0.1) is 5.92 Å². The Morgan fingerprint density at radius 3 is 2.09 bits per heavy atom. The number of benzene rings is 2. The number of aliphatic carboxylic acids is 1. The van der Waals surface area contributed by atoms with Gasteiger partial charge in [0.15, 0.2) is 5.78 Å². The predicted octanol–water partition coefficient (Wildman–Crippen LogP) is 3.17. The van der Waals surface area contributed by atoms with Gasteiger partial charge in [0, 0.05) is 44.5 Å². The maximum Gasteiger partial charge on any atom is 0.306 e. The molecule has 10 heteroatoms. The minimum atomic E-state index is -1.14.